The molecule has 3 heterocycles. The molecule has 2 aliphatic rings. The lowest BCUT2D eigenvalue weighted by molar-refractivity contribution is 0.0878. The second-order valence-corrected chi connectivity index (χ2v) is 10.5. The Kier molecular flexibility index (Phi) is 7.41. The Bertz CT molecular complexity index is 1200. The molecule has 3 aromatic rings. The molecule has 2 fully saturated rings. The fraction of sp³-hybridized carbons (Fsp3) is 0.500. The molecule has 2 aromatic heterocycles. The van der Waals surface area contributed by atoms with Crippen molar-refractivity contribution in [3.63, 3.8) is 0 Å². The van der Waals surface area contributed by atoms with Gasteiger partial charge in [-0.3, -0.25) is 10.00 Å². The molecule has 5 rings (SSSR count). The predicted octanol–water partition coefficient (Wildman–Crippen LogP) is 5.37. The minimum atomic E-state index is -0.298. The van der Waals surface area contributed by atoms with Gasteiger partial charge in [0.05, 0.1) is 11.9 Å². The quantitative estimate of drug-likeness (QED) is 0.409. The highest BCUT2D eigenvalue weighted by molar-refractivity contribution is 6.32. The van der Waals surface area contributed by atoms with Crippen molar-refractivity contribution in [2.75, 3.05) is 43.9 Å². The van der Waals surface area contributed by atoms with Crippen molar-refractivity contribution in [1.82, 2.24) is 30.0 Å². The fourth-order valence-electron chi connectivity index (χ4n) is 5.41. The number of likely N-dealkylation sites (N-methyl/N-ethyl adjacent to an activating group) is 1. The van der Waals surface area contributed by atoms with Gasteiger partial charge in [0.25, 0.3) is 0 Å². The van der Waals surface area contributed by atoms with Crippen LogP contribution in [0.3, 0.4) is 0 Å². The summed E-state index contributed by atoms with van der Waals surface area (Å²) in [6, 6.07) is 6.06. The van der Waals surface area contributed by atoms with Crippen LogP contribution in [0.5, 0.6) is 0 Å². The highest BCUT2D eigenvalue weighted by Crippen LogP contribution is 2.38. The SMILES string of the molecule is Cc1cc(Nc2nc(Nc3cc(C)c(C4CCC(N5CCN(C)CC5)CC4)cc3F)ncc2Cl)n[nH]1. The molecule has 3 N–H and O–H groups in total. The number of anilines is 4. The van der Waals surface area contributed by atoms with Gasteiger partial charge < -0.3 is 15.5 Å². The summed E-state index contributed by atoms with van der Waals surface area (Å²) in [7, 11) is 2.20. The Morgan fingerprint density at radius 1 is 1.03 bits per heavy atom. The number of halogens is 2. The summed E-state index contributed by atoms with van der Waals surface area (Å²) in [6.07, 6.45) is 6.05. The van der Waals surface area contributed by atoms with Crippen LogP contribution >= 0.6 is 11.6 Å². The van der Waals surface area contributed by atoms with Gasteiger partial charge in [-0.2, -0.15) is 10.1 Å². The van der Waals surface area contributed by atoms with Crippen molar-refractivity contribution in [1.29, 1.82) is 0 Å². The van der Waals surface area contributed by atoms with Crippen molar-refractivity contribution in [2.45, 2.75) is 51.5 Å². The smallest absolute Gasteiger partial charge is 0.229 e. The molecule has 1 aromatic carbocycles. The zero-order chi connectivity index (χ0) is 25.2. The molecule has 1 aliphatic carbocycles. The predicted molar refractivity (Wildman–Crippen MR) is 142 cm³/mol. The van der Waals surface area contributed by atoms with Gasteiger partial charge in [0.15, 0.2) is 11.6 Å². The maximum absolute atomic E-state index is 15.2. The third kappa shape index (κ3) is 5.63. The van der Waals surface area contributed by atoms with Gasteiger partial charge in [0.2, 0.25) is 5.95 Å². The molecule has 1 saturated carbocycles. The van der Waals surface area contributed by atoms with Gasteiger partial charge >= 0.3 is 0 Å². The van der Waals surface area contributed by atoms with E-state index in [0.717, 1.165) is 55.8 Å². The van der Waals surface area contributed by atoms with Crippen LogP contribution in [0.4, 0.5) is 27.7 Å². The Labute approximate surface area is 216 Å². The van der Waals surface area contributed by atoms with E-state index in [4.69, 9.17) is 11.6 Å². The lowest BCUT2D eigenvalue weighted by Gasteiger charge is -2.41. The van der Waals surface area contributed by atoms with Crippen molar-refractivity contribution in [3.8, 4) is 0 Å². The van der Waals surface area contributed by atoms with E-state index in [1.165, 1.54) is 19.0 Å². The van der Waals surface area contributed by atoms with E-state index in [2.05, 4.69) is 54.6 Å². The summed E-state index contributed by atoms with van der Waals surface area (Å²) < 4.78 is 15.2. The monoisotopic (exact) mass is 512 g/mol. The second-order valence-electron chi connectivity index (χ2n) is 10.1. The number of piperazine rings is 1. The molecule has 0 spiro atoms. The maximum Gasteiger partial charge on any atom is 0.229 e. The van der Waals surface area contributed by atoms with E-state index in [0.29, 0.717) is 34.3 Å². The molecule has 1 aliphatic heterocycles. The van der Waals surface area contributed by atoms with Crippen LogP contribution in [-0.2, 0) is 0 Å². The van der Waals surface area contributed by atoms with Gasteiger partial charge in [0, 0.05) is 44.0 Å². The largest absolute Gasteiger partial charge is 0.322 e. The number of hydrogen-bond donors (Lipinski definition) is 3. The van der Waals surface area contributed by atoms with E-state index in [1.807, 2.05) is 19.1 Å². The maximum atomic E-state index is 15.2. The fourth-order valence-corrected chi connectivity index (χ4v) is 5.55. The van der Waals surface area contributed by atoms with Crippen LogP contribution in [0.1, 0.15) is 48.4 Å². The molecule has 192 valence electrons. The molecule has 10 heteroatoms. The van der Waals surface area contributed by atoms with Gasteiger partial charge in [-0.05, 0) is 75.8 Å². The van der Waals surface area contributed by atoms with E-state index in [9.17, 15) is 0 Å². The topological polar surface area (TPSA) is 85.0 Å². The number of benzene rings is 1. The minimum absolute atomic E-state index is 0.257. The Hall–Kier alpha value is -2.75. The van der Waals surface area contributed by atoms with Crippen LogP contribution < -0.4 is 10.6 Å². The number of aryl methyl sites for hydroxylation is 2. The van der Waals surface area contributed by atoms with Crippen LogP contribution in [0, 0.1) is 19.7 Å². The molecule has 0 atom stereocenters. The zero-order valence-corrected chi connectivity index (χ0v) is 21.9. The van der Waals surface area contributed by atoms with Crippen molar-refractivity contribution in [3.05, 3.63) is 52.1 Å². The summed E-state index contributed by atoms with van der Waals surface area (Å²) >= 11 is 6.25. The molecule has 0 bridgehead atoms. The standard InChI is InChI=1S/C26H34ClFN8/c1-16-12-23(30-26-29-15-21(27)25(32-26)31-24-13-17(2)33-34-24)22(28)14-20(16)18-4-6-19(7-5-18)36-10-8-35(3)9-11-36/h12-15,18-19H,4-11H2,1-3H3,(H3,29,30,31,32,33,34). The average Bonchev–Trinajstić information content (AvgIpc) is 3.28. The first-order valence-corrected chi connectivity index (χ1v) is 13.0. The van der Waals surface area contributed by atoms with E-state index >= 15 is 4.39 Å². The van der Waals surface area contributed by atoms with Crippen molar-refractivity contribution in [2.24, 2.45) is 0 Å². The highest BCUT2D eigenvalue weighted by Gasteiger charge is 2.29. The second kappa shape index (κ2) is 10.7. The molecule has 0 amide bonds. The van der Waals surface area contributed by atoms with Crippen LogP contribution in [0.25, 0.3) is 0 Å². The number of aromatic amines is 1. The lowest BCUT2D eigenvalue weighted by Crippen LogP contribution is -2.49. The van der Waals surface area contributed by atoms with Crippen molar-refractivity contribution >= 4 is 34.9 Å². The highest BCUT2D eigenvalue weighted by atomic mass is 35.5. The first-order valence-electron chi connectivity index (χ1n) is 12.7. The number of aromatic nitrogens is 4. The van der Waals surface area contributed by atoms with Crippen molar-refractivity contribution < 1.29 is 4.39 Å². The van der Waals surface area contributed by atoms with E-state index < -0.39 is 0 Å². The third-order valence-corrected chi connectivity index (χ3v) is 7.77. The number of rotatable bonds is 6. The molecule has 1 saturated heterocycles. The van der Waals surface area contributed by atoms with E-state index in [1.54, 1.807) is 6.07 Å². The molecule has 0 unspecified atom stereocenters. The van der Waals surface area contributed by atoms with Gasteiger partial charge in [-0.25, -0.2) is 9.37 Å². The third-order valence-electron chi connectivity index (χ3n) is 7.49. The molecular weight excluding hydrogens is 479 g/mol. The van der Waals surface area contributed by atoms with Gasteiger partial charge in [0.1, 0.15) is 10.8 Å². The zero-order valence-electron chi connectivity index (χ0n) is 21.1. The molecule has 8 nitrogen and oxygen atoms in total. The lowest BCUT2D eigenvalue weighted by atomic mass is 9.79. The summed E-state index contributed by atoms with van der Waals surface area (Å²) in [4.78, 5) is 13.7. The number of nitrogens with zero attached hydrogens (tertiary/aromatic N) is 5. The Balaban J connectivity index is 1.25. The summed E-state index contributed by atoms with van der Waals surface area (Å²) in [5.41, 5.74) is 3.46. The first kappa shape index (κ1) is 24.9. The number of nitrogens with one attached hydrogen (secondary N) is 3. The van der Waals surface area contributed by atoms with Crippen LogP contribution in [0.2, 0.25) is 5.02 Å². The Morgan fingerprint density at radius 3 is 2.47 bits per heavy atom. The van der Waals surface area contributed by atoms with Crippen LogP contribution in [0.15, 0.2) is 24.4 Å². The summed E-state index contributed by atoms with van der Waals surface area (Å²) in [6.45, 7) is 8.58. The minimum Gasteiger partial charge on any atom is -0.322 e. The number of hydrogen-bond acceptors (Lipinski definition) is 7. The van der Waals surface area contributed by atoms with Crippen LogP contribution in [-0.4, -0.2) is 69.2 Å². The van der Waals surface area contributed by atoms with E-state index in [-0.39, 0.29) is 11.8 Å². The Morgan fingerprint density at radius 2 is 1.78 bits per heavy atom. The normalized spacial score (nSPS) is 21.5. The summed E-state index contributed by atoms with van der Waals surface area (Å²) in [5.74, 6) is 1.34. The number of H-pyrrole nitrogens is 1. The molecule has 0 radical (unpaired) electrons. The molecular formula is C26H34ClFN8. The average molecular weight is 513 g/mol. The summed E-state index contributed by atoms with van der Waals surface area (Å²) in [5, 5.41) is 13.4. The first-order chi connectivity index (χ1) is 17.4. The van der Waals surface area contributed by atoms with Gasteiger partial charge in [-0.15, -0.1) is 0 Å². The van der Waals surface area contributed by atoms with Gasteiger partial charge in [-0.1, -0.05) is 11.6 Å². The molecule has 36 heavy (non-hydrogen) atoms.